The van der Waals surface area contributed by atoms with Crippen LogP contribution in [0.4, 0.5) is 5.13 Å². The monoisotopic (exact) mass is 504 g/mol. The molecule has 158 valence electrons. The van der Waals surface area contributed by atoms with Gasteiger partial charge in [-0.25, -0.2) is 0 Å². The Labute approximate surface area is 201 Å². The number of carbonyl (C=O) groups excluding carboxylic acids is 2. The van der Waals surface area contributed by atoms with Crippen LogP contribution in [0.2, 0.25) is 0 Å². The molecule has 0 aliphatic carbocycles. The van der Waals surface area contributed by atoms with Crippen LogP contribution in [0, 0.1) is 6.92 Å². The summed E-state index contributed by atoms with van der Waals surface area (Å²) in [5, 5.41) is 13.2. The maximum Gasteiger partial charge on any atom is 0.266 e. The highest BCUT2D eigenvalue weighted by molar-refractivity contribution is 8.26. The smallest absolute Gasteiger partial charge is 0.266 e. The molecule has 11 heteroatoms. The van der Waals surface area contributed by atoms with Gasteiger partial charge in [-0.05, 0) is 30.0 Å². The molecule has 0 unspecified atom stereocenters. The number of nitrogens with zero attached hydrogens (tertiary/aromatic N) is 3. The number of thiocarbonyl (C=S) groups is 1. The Morgan fingerprint density at radius 2 is 2.16 bits per heavy atom. The Bertz CT molecular complexity index is 1160. The quantitative estimate of drug-likeness (QED) is 0.209. The molecule has 1 N–H and O–H groups in total. The third-order valence-electron chi connectivity index (χ3n) is 4.09. The molecule has 1 fully saturated rings. The highest BCUT2D eigenvalue weighted by Gasteiger charge is 2.33. The lowest BCUT2D eigenvalue weighted by atomic mass is 10.2. The largest absolute Gasteiger partial charge is 0.299 e. The maximum atomic E-state index is 12.6. The van der Waals surface area contributed by atoms with Crippen LogP contribution in [0.15, 0.2) is 51.0 Å². The van der Waals surface area contributed by atoms with Crippen LogP contribution in [-0.4, -0.2) is 37.8 Å². The summed E-state index contributed by atoms with van der Waals surface area (Å²) in [6, 6.07) is 12.1. The second-order valence-electron chi connectivity index (χ2n) is 6.48. The molecule has 0 bridgehead atoms. The lowest BCUT2D eigenvalue weighted by molar-refractivity contribution is -0.126. The standard InChI is InChI=1S/C20H16N4O2S5/c1-12-4-2-5-13(8-12)11-29-19-23-22-18(31-19)21-16(25)10-24-17(26)15(30-20(24)27)9-14-6-3-7-28-14/h2-9H,10-11H2,1H3,(H,21,22,25)/b15-9-. The van der Waals surface area contributed by atoms with E-state index in [1.165, 1.54) is 50.5 Å². The molecule has 0 spiro atoms. The molecule has 1 aliphatic heterocycles. The number of aromatic nitrogens is 2. The minimum absolute atomic E-state index is 0.155. The number of hydrogen-bond donors (Lipinski definition) is 1. The summed E-state index contributed by atoms with van der Waals surface area (Å²) in [6.07, 6.45) is 1.80. The van der Waals surface area contributed by atoms with Crippen molar-refractivity contribution in [1.82, 2.24) is 15.1 Å². The highest BCUT2D eigenvalue weighted by atomic mass is 32.2. The number of thioether (sulfide) groups is 2. The number of carbonyl (C=O) groups is 2. The number of anilines is 1. The van der Waals surface area contributed by atoms with E-state index in [2.05, 4.69) is 40.6 Å². The van der Waals surface area contributed by atoms with E-state index in [0.29, 0.717) is 14.4 Å². The number of benzene rings is 1. The van der Waals surface area contributed by atoms with Crippen molar-refractivity contribution in [1.29, 1.82) is 0 Å². The van der Waals surface area contributed by atoms with E-state index in [0.717, 1.165) is 15.0 Å². The average Bonchev–Trinajstić information content (AvgIpc) is 3.46. The minimum Gasteiger partial charge on any atom is -0.299 e. The highest BCUT2D eigenvalue weighted by Crippen LogP contribution is 2.33. The van der Waals surface area contributed by atoms with Crippen molar-refractivity contribution in [3.8, 4) is 0 Å². The van der Waals surface area contributed by atoms with E-state index in [4.69, 9.17) is 12.2 Å². The first-order valence-corrected chi connectivity index (χ1v) is 13.0. The fourth-order valence-electron chi connectivity index (χ4n) is 2.71. The van der Waals surface area contributed by atoms with Gasteiger partial charge in [0.25, 0.3) is 5.91 Å². The van der Waals surface area contributed by atoms with E-state index in [1.807, 2.05) is 23.6 Å². The zero-order chi connectivity index (χ0) is 21.8. The second-order valence-corrected chi connectivity index (χ2v) is 11.3. The second kappa shape index (κ2) is 10.0. The van der Waals surface area contributed by atoms with Gasteiger partial charge in [0, 0.05) is 10.6 Å². The summed E-state index contributed by atoms with van der Waals surface area (Å²) in [7, 11) is 0. The molecule has 6 nitrogen and oxygen atoms in total. The summed E-state index contributed by atoms with van der Waals surface area (Å²) in [5.74, 6) is 0.155. The van der Waals surface area contributed by atoms with Gasteiger partial charge in [-0.1, -0.05) is 83.0 Å². The lowest BCUT2D eigenvalue weighted by Crippen LogP contribution is -2.36. The predicted molar refractivity (Wildman–Crippen MR) is 133 cm³/mol. The number of hydrogen-bond acceptors (Lipinski definition) is 9. The van der Waals surface area contributed by atoms with Crippen molar-refractivity contribution in [2.24, 2.45) is 0 Å². The maximum absolute atomic E-state index is 12.6. The molecule has 0 atom stereocenters. The first kappa shape index (κ1) is 22.2. The van der Waals surface area contributed by atoms with Gasteiger partial charge < -0.3 is 0 Å². The average molecular weight is 505 g/mol. The van der Waals surface area contributed by atoms with Gasteiger partial charge in [0.1, 0.15) is 10.9 Å². The molecule has 2 aromatic heterocycles. The van der Waals surface area contributed by atoms with Crippen LogP contribution in [0.3, 0.4) is 0 Å². The van der Waals surface area contributed by atoms with Gasteiger partial charge in [-0.15, -0.1) is 21.5 Å². The van der Waals surface area contributed by atoms with Gasteiger partial charge in [0.05, 0.1) is 4.91 Å². The molecule has 0 saturated carbocycles. The van der Waals surface area contributed by atoms with Gasteiger partial charge in [0.2, 0.25) is 11.0 Å². The number of nitrogens with one attached hydrogen (secondary N) is 1. The molecule has 1 aliphatic rings. The third-order valence-corrected chi connectivity index (χ3v) is 8.33. The van der Waals surface area contributed by atoms with Crippen LogP contribution >= 0.6 is 58.4 Å². The molecule has 1 saturated heterocycles. The van der Waals surface area contributed by atoms with Crippen molar-refractivity contribution in [2.45, 2.75) is 17.0 Å². The van der Waals surface area contributed by atoms with Crippen molar-refractivity contribution in [2.75, 3.05) is 11.9 Å². The molecule has 3 heterocycles. The fraction of sp³-hybridized carbons (Fsp3) is 0.150. The molecular formula is C20H16N4O2S5. The van der Waals surface area contributed by atoms with Gasteiger partial charge in [0.15, 0.2) is 4.34 Å². The summed E-state index contributed by atoms with van der Waals surface area (Å²) in [5.41, 5.74) is 2.42. The molecule has 0 radical (unpaired) electrons. The molecule has 1 aromatic carbocycles. The number of amides is 2. The Kier molecular flexibility index (Phi) is 7.18. The van der Waals surface area contributed by atoms with E-state index in [-0.39, 0.29) is 18.4 Å². The van der Waals surface area contributed by atoms with Crippen LogP contribution in [0.5, 0.6) is 0 Å². The molecule has 2 amide bonds. The Morgan fingerprint density at radius 3 is 2.94 bits per heavy atom. The van der Waals surface area contributed by atoms with Crippen molar-refractivity contribution in [3.63, 3.8) is 0 Å². The zero-order valence-electron chi connectivity index (χ0n) is 16.2. The molecule has 3 aromatic rings. The minimum atomic E-state index is -0.361. The van der Waals surface area contributed by atoms with E-state index in [1.54, 1.807) is 17.8 Å². The number of thiophene rings is 1. The van der Waals surface area contributed by atoms with Crippen LogP contribution < -0.4 is 5.32 Å². The van der Waals surface area contributed by atoms with Crippen LogP contribution in [0.1, 0.15) is 16.0 Å². The first-order valence-electron chi connectivity index (χ1n) is 9.08. The Hall–Kier alpha value is -2.05. The predicted octanol–water partition coefficient (Wildman–Crippen LogP) is 5.04. The summed E-state index contributed by atoms with van der Waals surface area (Å²) < 4.78 is 1.14. The van der Waals surface area contributed by atoms with Crippen LogP contribution in [0.25, 0.3) is 6.08 Å². The van der Waals surface area contributed by atoms with E-state index >= 15 is 0 Å². The van der Waals surface area contributed by atoms with E-state index < -0.39 is 0 Å². The number of rotatable bonds is 7. The van der Waals surface area contributed by atoms with Crippen molar-refractivity contribution in [3.05, 3.63) is 62.7 Å². The molecular weight excluding hydrogens is 489 g/mol. The van der Waals surface area contributed by atoms with Crippen molar-refractivity contribution >= 4 is 85.8 Å². The Balaban J connectivity index is 1.32. The van der Waals surface area contributed by atoms with Gasteiger partial charge >= 0.3 is 0 Å². The lowest BCUT2D eigenvalue weighted by Gasteiger charge is -2.13. The van der Waals surface area contributed by atoms with Gasteiger partial charge in [-0.2, -0.15) is 0 Å². The summed E-state index contributed by atoms with van der Waals surface area (Å²) in [6.45, 7) is 1.90. The Morgan fingerprint density at radius 1 is 1.29 bits per heavy atom. The van der Waals surface area contributed by atoms with Crippen LogP contribution in [-0.2, 0) is 15.3 Å². The fourth-order valence-corrected chi connectivity index (χ4v) is 6.40. The SMILES string of the molecule is Cc1cccc(CSc2nnc(NC(=O)CN3C(=O)/C(=C/c4cccs4)SC3=S)s2)c1. The topological polar surface area (TPSA) is 75.2 Å². The van der Waals surface area contributed by atoms with Gasteiger partial charge in [-0.3, -0.25) is 19.8 Å². The molecule has 4 rings (SSSR count). The molecule has 31 heavy (non-hydrogen) atoms. The number of aryl methyl sites for hydroxylation is 1. The van der Waals surface area contributed by atoms with Crippen molar-refractivity contribution < 1.29 is 9.59 Å². The van der Waals surface area contributed by atoms with E-state index in [9.17, 15) is 9.59 Å². The summed E-state index contributed by atoms with van der Waals surface area (Å²) >= 11 is 10.9. The summed E-state index contributed by atoms with van der Waals surface area (Å²) in [4.78, 5) is 27.9. The third kappa shape index (κ3) is 5.80. The normalized spacial score (nSPS) is 15.1. The zero-order valence-corrected chi connectivity index (χ0v) is 20.3. The first-order chi connectivity index (χ1) is 15.0.